The highest BCUT2D eigenvalue weighted by atomic mass is 19.1. The van der Waals surface area contributed by atoms with Crippen molar-refractivity contribution in [3.05, 3.63) is 35.9 Å². The van der Waals surface area contributed by atoms with Crippen LogP contribution < -0.4 is 11.1 Å². The molecule has 1 amide bonds. The van der Waals surface area contributed by atoms with E-state index >= 15 is 0 Å². The van der Waals surface area contributed by atoms with Crippen molar-refractivity contribution in [2.45, 2.75) is 88.5 Å². The fraction of sp³-hybridized carbons (Fsp3) is 0.741. The van der Waals surface area contributed by atoms with Gasteiger partial charge < -0.3 is 11.1 Å². The van der Waals surface area contributed by atoms with Crippen LogP contribution in [0.4, 0.5) is 4.39 Å². The lowest BCUT2D eigenvalue weighted by Crippen LogP contribution is -2.62. The molecule has 0 spiro atoms. The van der Waals surface area contributed by atoms with Gasteiger partial charge in [-0.25, -0.2) is 0 Å². The number of benzene rings is 1. The van der Waals surface area contributed by atoms with Crippen molar-refractivity contribution in [1.82, 2.24) is 5.32 Å². The van der Waals surface area contributed by atoms with E-state index in [1.54, 1.807) is 0 Å². The molecule has 2 unspecified atom stereocenters. The van der Waals surface area contributed by atoms with Crippen LogP contribution in [-0.2, 0) is 10.2 Å². The fourth-order valence-corrected chi connectivity index (χ4v) is 8.35. The maximum absolute atomic E-state index is 13.9. The molecule has 0 aliphatic heterocycles. The molecule has 4 atom stereocenters. The van der Waals surface area contributed by atoms with Crippen LogP contribution in [0.3, 0.4) is 0 Å². The number of fused-ring (bicyclic) bond motifs is 2. The van der Waals surface area contributed by atoms with Crippen LogP contribution in [0.25, 0.3) is 0 Å². The first-order valence-corrected chi connectivity index (χ1v) is 12.7. The second-order valence-electron chi connectivity index (χ2n) is 11.5. The van der Waals surface area contributed by atoms with Gasteiger partial charge in [0.15, 0.2) is 0 Å². The highest BCUT2D eigenvalue weighted by Crippen LogP contribution is 2.70. The Morgan fingerprint density at radius 2 is 1.74 bits per heavy atom. The quantitative estimate of drug-likeness (QED) is 0.650. The van der Waals surface area contributed by atoms with Crippen molar-refractivity contribution in [3.8, 4) is 0 Å². The maximum atomic E-state index is 13.9. The second kappa shape index (κ2) is 8.17. The minimum atomic E-state index is -0.328. The number of alkyl halides is 1. The zero-order valence-corrected chi connectivity index (χ0v) is 18.9. The summed E-state index contributed by atoms with van der Waals surface area (Å²) >= 11 is 0. The Hall–Kier alpha value is -1.42. The smallest absolute Gasteiger partial charge is 0.226 e. The predicted octanol–water partition coefficient (Wildman–Crippen LogP) is 5.28. The number of nitrogens with two attached hydrogens (primary N) is 1. The van der Waals surface area contributed by atoms with Gasteiger partial charge in [-0.2, -0.15) is 0 Å². The Balaban J connectivity index is 1.44. The van der Waals surface area contributed by atoms with E-state index in [0.717, 1.165) is 70.8 Å². The Morgan fingerprint density at radius 1 is 1.00 bits per heavy atom. The maximum Gasteiger partial charge on any atom is 0.226 e. The predicted molar refractivity (Wildman–Crippen MR) is 122 cm³/mol. The number of carbonyl (C=O) groups is 1. The molecule has 5 rings (SSSR count). The van der Waals surface area contributed by atoms with Gasteiger partial charge in [0.25, 0.3) is 0 Å². The van der Waals surface area contributed by atoms with E-state index < -0.39 is 0 Å². The zero-order chi connectivity index (χ0) is 21.5. The van der Waals surface area contributed by atoms with E-state index in [9.17, 15) is 9.18 Å². The lowest BCUT2D eigenvalue weighted by molar-refractivity contribution is -0.161. The van der Waals surface area contributed by atoms with E-state index in [1.165, 1.54) is 12.0 Å². The number of carbonyl (C=O) groups excluding carboxylic acids is 1. The standard InChI is InChI=1S/C27H39FN2O/c28-15-14-26-17-25(21-4-2-1-3-5-21)12-10-22(26)11-13-27(18-25,19-26)24(31)30-23-8-6-20(16-29)7-9-23/h1-5,20,22-23H,6-19,29H2,(H,30,31)/t20-,22?,23-,25-,26-,27?/m1/s1. The minimum absolute atomic E-state index is 0.00606. The third-order valence-electron chi connectivity index (χ3n) is 9.84. The summed E-state index contributed by atoms with van der Waals surface area (Å²) in [5.41, 5.74) is 6.93. The van der Waals surface area contributed by atoms with E-state index in [0.29, 0.717) is 18.3 Å². The highest BCUT2D eigenvalue weighted by molar-refractivity contribution is 5.83. The summed E-state index contributed by atoms with van der Waals surface area (Å²) < 4.78 is 13.9. The number of hydrogen-bond donors (Lipinski definition) is 2. The number of rotatable bonds is 6. The molecule has 4 aliphatic carbocycles. The number of amides is 1. The molecule has 3 nitrogen and oxygen atoms in total. The average molecular weight is 427 g/mol. The van der Waals surface area contributed by atoms with Gasteiger partial charge in [0.2, 0.25) is 5.91 Å². The molecule has 0 radical (unpaired) electrons. The molecule has 0 aromatic heterocycles. The summed E-state index contributed by atoms with van der Waals surface area (Å²) in [5, 5.41) is 3.49. The Morgan fingerprint density at radius 3 is 2.45 bits per heavy atom. The van der Waals surface area contributed by atoms with E-state index in [1.807, 2.05) is 0 Å². The summed E-state index contributed by atoms with van der Waals surface area (Å²) in [6.45, 7) is 0.500. The molecule has 4 fully saturated rings. The first-order valence-electron chi connectivity index (χ1n) is 12.7. The third-order valence-corrected chi connectivity index (χ3v) is 9.84. The van der Waals surface area contributed by atoms with Crippen molar-refractivity contribution in [3.63, 3.8) is 0 Å². The molecule has 1 aromatic carbocycles. The molecule has 4 aliphatic rings. The van der Waals surface area contributed by atoms with Crippen molar-refractivity contribution >= 4 is 5.91 Å². The summed E-state index contributed by atoms with van der Waals surface area (Å²) in [6.07, 6.45) is 12.3. The molecule has 0 heterocycles. The van der Waals surface area contributed by atoms with E-state index in [4.69, 9.17) is 5.73 Å². The van der Waals surface area contributed by atoms with Crippen LogP contribution in [0.2, 0.25) is 0 Å². The lowest BCUT2D eigenvalue weighted by atomic mass is 9.39. The normalized spacial score (nSPS) is 41.7. The summed E-state index contributed by atoms with van der Waals surface area (Å²) in [4.78, 5) is 13.9. The molecule has 4 heteroatoms. The summed E-state index contributed by atoms with van der Waals surface area (Å²) in [7, 11) is 0. The highest BCUT2D eigenvalue weighted by Gasteiger charge is 2.64. The number of halogens is 1. The monoisotopic (exact) mass is 426 g/mol. The molecule has 0 saturated heterocycles. The molecular weight excluding hydrogens is 387 g/mol. The summed E-state index contributed by atoms with van der Waals surface area (Å²) in [5.74, 6) is 1.47. The lowest BCUT2D eigenvalue weighted by Gasteiger charge is -2.65. The van der Waals surface area contributed by atoms with Crippen LogP contribution in [0.1, 0.15) is 82.6 Å². The van der Waals surface area contributed by atoms with Gasteiger partial charge in [0.1, 0.15) is 0 Å². The van der Waals surface area contributed by atoms with Gasteiger partial charge in [-0.1, -0.05) is 30.3 Å². The Kier molecular flexibility index (Phi) is 5.65. The van der Waals surface area contributed by atoms with Gasteiger partial charge in [-0.15, -0.1) is 0 Å². The minimum Gasteiger partial charge on any atom is -0.353 e. The summed E-state index contributed by atoms with van der Waals surface area (Å²) in [6, 6.07) is 11.1. The number of hydrogen-bond acceptors (Lipinski definition) is 2. The van der Waals surface area contributed by atoms with Crippen LogP contribution in [0.15, 0.2) is 30.3 Å². The van der Waals surface area contributed by atoms with Crippen molar-refractivity contribution in [2.75, 3.05) is 13.2 Å². The third kappa shape index (κ3) is 3.63. The van der Waals surface area contributed by atoms with Crippen molar-refractivity contribution in [1.29, 1.82) is 0 Å². The van der Waals surface area contributed by atoms with Crippen LogP contribution in [0, 0.1) is 22.7 Å². The van der Waals surface area contributed by atoms with Crippen LogP contribution >= 0.6 is 0 Å². The molecular formula is C27H39FN2O. The molecule has 170 valence electrons. The Labute approximate surface area is 186 Å². The second-order valence-corrected chi connectivity index (χ2v) is 11.5. The van der Waals surface area contributed by atoms with Crippen LogP contribution in [-0.4, -0.2) is 25.2 Å². The van der Waals surface area contributed by atoms with E-state index in [2.05, 4.69) is 35.6 Å². The molecule has 1 aromatic rings. The molecule has 4 saturated carbocycles. The van der Waals surface area contributed by atoms with Crippen molar-refractivity contribution < 1.29 is 9.18 Å². The van der Waals surface area contributed by atoms with Gasteiger partial charge in [-0.05, 0) is 112 Å². The van der Waals surface area contributed by atoms with E-state index in [-0.39, 0.29) is 34.9 Å². The molecule has 3 bridgehead atoms. The van der Waals surface area contributed by atoms with Gasteiger partial charge in [0.05, 0.1) is 12.1 Å². The van der Waals surface area contributed by atoms with Crippen molar-refractivity contribution in [2.24, 2.45) is 28.4 Å². The SMILES string of the molecule is NC[C@H]1CC[C@H](NC(=O)C23CCC4CC[C@](c5ccccc5)(C2)C[C@]4(CCF)C3)CC1. The first-order chi connectivity index (χ1) is 15.0. The first kappa shape index (κ1) is 21.4. The largest absolute Gasteiger partial charge is 0.353 e. The Bertz CT molecular complexity index is 792. The fourth-order valence-electron chi connectivity index (χ4n) is 8.35. The topological polar surface area (TPSA) is 55.1 Å². The zero-order valence-electron chi connectivity index (χ0n) is 18.9. The molecule has 31 heavy (non-hydrogen) atoms. The number of nitrogens with one attached hydrogen (secondary N) is 1. The van der Waals surface area contributed by atoms with Crippen LogP contribution in [0.5, 0.6) is 0 Å². The van der Waals surface area contributed by atoms with Gasteiger partial charge in [-0.3, -0.25) is 9.18 Å². The molecule has 3 N–H and O–H groups in total. The van der Waals surface area contributed by atoms with Gasteiger partial charge in [0, 0.05) is 6.04 Å². The van der Waals surface area contributed by atoms with Gasteiger partial charge >= 0.3 is 0 Å². The average Bonchev–Trinajstić information content (AvgIpc) is 2.79.